The van der Waals surface area contributed by atoms with Gasteiger partial charge in [0.25, 0.3) is 0 Å². The van der Waals surface area contributed by atoms with Crippen molar-refractivity contribution in [2.75, 3.05) is 12.1 Å². The molecule has 0 saturated heterocycles. The van der Waals surface area contributed by atoms with Crippen LogP contribution in [-0.2, 0) is 0 Å². The molecule has 0 fully saturated rings. The highest BCUT2D eigenvalue weighted by atomic mass is 32.2. The standard InChI is InChI=1S/C7H8N4OS/c1-13-7-10-9-6(11(7)8)5-3-2-4-12-5/h2-4H,8H2,1H3. The lowest BCUT2D eigenvalue weighted by atomic mass is 10.4. The molecule has 0 unspecified atom stereocenters. The van der Waals surface area contributed by atoms with E-state index in [-0.39, 0.29) is 0 Å². The number of rotatable bonds is 2. The first-order valence-electron chi connectivity index (χ1n) is 3.61. The van der Waals surface area contributed by atoms with E-state index in [1.807, 2.05) is 6.26 Å². The summed E-state index contributed by atoms with van der Waals surface area (Å²) in [6.45, 7) is 0. The zero-order valence-corrected chi connectivity index (χ0v) is 7.78. The first kappa shape index (κ1) is 8.18. The van der Waals surface area contributed by atoms with Crippen molar-refractivity contribution in [3.05, 3.63) is 18.4 Å². The van der Waals surface area contributed by atoms with Crippen LogP contribution in [0.5, 0.6) is 0 Å². The van der Waals surface area contributed by atoms with Crippen molar-refractivity contribution >= 4 is 11.8 Å². The molecule has 13 heavy (non-hydrogen) atoms. The Morgan fingerprint density at radius 1 is 1.54 bits per heavy atom. The predicted molar refractivity (Wildman–Crippen MR) is 49.7 cm³/mol. The van der Waals surface area contributed by atoms with Crippen LogP contribution in [0.2, 0.25) is 0 Å². The van der Waals surface area contributed by atoms with E-state index >= 15 is 0 Å². The fraction of sp³-hybridized carbons (Fsp3) is 0.143. The number of aromatic nitrogens is 3. The second kappa shape index (κ2) is 3.14. The summed E-state index contributed by atoms with van der Waals surface area (Å²) in [5, 5.41) is 8.44. The Morgan fingerprint density at radius 3 is 2.92 bits per heavy atom. The Bertz CT molecular complexity index is 395. The smallest absolute Gasteiger partial charge is 0.218 e. The van der Waals surface area contributed by atoms with Gasteiger partial charge in [-0.15, -0.1) is 10.2 Å². The molecule has 0 atom stereocenters. The van der Waals surface area contributed by atoms with E-state index in [0.717, 1.165) is 0 Å². The largest absolute Gasteiger partial charge is 0.461 e. The summed E-state index contributed by atoms with van der Waals surface area (Å²) < 4.78 is 6.55. The van der Waals surface area contributed by atoms with E-state index in [1.54, 1.807) is 18.4 Å². The Hall–Kier alpha value is -1.43. The van der Waals surface area contributed by atoms with Gasteiger partial charge in [0.15, 0.2) is 5.76 Å². The molecule has 0 aromatic carbocycles. The van der Waals surface area contributed by atoms with E-state index in [9.17, 15) is 0 Å². The van der Waals surface area contributed by atoms with Gasteiger partial charge in [-0.05, 0) is 18.4 Å². The van der Waals surface area contributed by atoms with Crippen molar-refractivity contribution in [1.82, 2.24) is 14.9 Å². The van der Waals surface area contributed by atoms with Gasteiger partial charge < -0.3 is 10.3 Å². The molecule has 0 bridgehead atoms. The average molecular weight is 196 g/mol. The van der Waals surface area contributed by atoms with Crippen LogP contribution >= 0.6 is 11.8 Å². The summed E-state index contributed by atoms with van der Waals surface area (Å²) in [7, 11) is 0. The molecule has 2 aromatic heterocycles. The summed E-state index contributed by atoms with van der Waals surface area (Å²) in [5.74, 6) is 6.87. The van der Waals surface area contributed by atoms with Gasteiger partial charge in [-0.25, -0.2) is 4.68 Å². The lowest BCUT2D eigenvalue weighted by molar-refractivity contribution is 0.574. The zero-order valence-electron chi connectivity index (χ0n) is 6.97. The quantitative estimate of drug-likeness (QED) is 0.572. The van der Waals surface area contributed by atoms with E-state index in [4.69, 9.17) is 10.3 Å². The molecule has 0 aliphatic heterocycles. The highest BCUT2D eigenvalue weighted by Gasteiger charge is 2.12. The molecule has 2 rings (SSSR count). The second-order valence-electron chi connectivity index (χ2n) is 2.36. The molecule has 0 amide bonds. The van der Waals surface area contributed by atoms with Crippen LogP contribution in [0.1, 0.15) is 0 Å². The van der Waals surface area contributed by atoms with E-state index in [2.05, 4.69) is 10.2 Å². The molecular weight excluding hydrogens is 188 g/mol. The van der Waals surface area contributed by atoms with Crippen molar-refractivity contribution in [3.63, 3.8) is 0 Å². The first-order valence-corrected chi connectivity index (χ1v) is 4.83. The van der Waals surface area contributed by atoms with Crippen molar-refractivity contribution < 1.29 is 4.42 Å². The molecule has 2 N–H and O–H groups in total. The van der Waals surface area contributed by atoms with Gasteiger partial charge in [0.05, 0.1) is 6.26 Å². The lowest BCUT2D eigenvalue weighted by Crippen LogP contribution is -2.10. The molecule has 5 nitrogen and oxygen atoms in total. The molecular formula is C7H8N4OS. The molecule has 0 saturated carbocycles. The van der Waals surface area contributed by atoms with E-state index in [1.165, 1.54) is 16.4 Å². The monoisotopic (exact) mass is 196 g/mol. The van der Waals surface area contributed by atoms with E-state index < -0.39 is 0 Å². The Labute approximate surface area is 78.9 Å². The molecule has 2 heterocycles. The van der Waals surface area contributed by atoms with Crippen LogP contribution in [0.4, 0.5) is 0 Å². The molecule has 68 valence electrons. The third-order valence-corrected chi connectivity index (χ3v) is 2.23. The normalized spacial score (nSPS) is 10.5. The molecule has 0 radical (unpaired) electrons. The Kier molecular flexibility index (Phi) is 1.97. The maximum Gasteiger partial charge on any atom is 0.218 e. The number of nitrogens with zero attached hydrogens (tertiary/aromatic N) is 3. The van der Waals surface area contributed by atoms with Gasteiger partial charge in [-0.2, -0.15) is 0 Å². The minimum atomic E-state index is 0.536. The van der Waals surface area contributed by atoms with Gasteiger partial charge in [-0.3, -0.25) is 0 Å². The van der Waals surface area contributed by atoms with Gasteiger partial charge >= 0.3 is 0 Å². The number of hydrogen-bond acceptors (Lipinski definition) is 5. The number of furan rings is 1. The van der Waals surface area contributed by atoms with Crippen molar-refractivity contribution in [2.24, 2.45) is 0 Å². The SMILES string of the molecule is CSc1nnc(-c2ccco2)n1N. The van der Waals surface area contributed by atoms with Crippen LogP contribution in [-0.4, -0.2) is 21.1 Å². The minimum Gasteiger partial charge on any atom is -0.461 e. The van der Waals surface area contributed by atoms with Crippen LogP contribution in [0, 0.1) is 0 Å². The van der Waals surface area contributed by atoms with Crippen LogP contribution in [0.3, 0.4) is 0 Å². The van der Waals surface area contributed by atoms with Crippen molar-refractivity contribution in [2.45, 2.75) is 5.16 Å². The van der Waals surface area contributed by atoms with Crippen LogP contribution in [0.15, 0.2) is 28.0 Å². The fourth-order valence-electron chi connectivity index (χ4n) is 0.990. The third-order valence-electron chi connectivity index (χ3n) is 1.59. The summed E-state index contributed by atoms with van der Waals surface area (Å²) in [6, 6.07) is 3.57. The maximum absolute atomic E-state index is 5.72. The zero-order chi connectivity index (χ0) is 9.26. The van der Waals surface area contributed by atoms with Crippen LogP contribution < -0.4 is 5.84 Å². The molecule has 0 aliphatic rings. The van der Waals surface area contributed by atoms with Gasteiger partial charge in [0.2, 0.25) is 11.0 Å². The molecule has 2 aromatic rings. The maximum atomic E-state index is 5.72. The van der Waals surface area contributed by atoms with Crippen molar-refractivity contribution in [3.8, 4) is 11.6 Å². The molecule has 0 aliphatic carbocycles. The van der Waals surface area contributed by atoms with Gasteiger partial charge in [0, 0.05) is 0 Å². The fourth-order valence-corrected chi connectivity index (χ4v) is 1.40. The summed E-state index contributed by atoms with van der Waals surface area (Å²) >= 11 is 1.44. The topological polar surface area (TPSA) is 69.9 Å². The number of thioether (sulfide) groups is 1. The summed E-state index contributed by atoms with van der Waals surface area (Å²) in [4.78, 5) is 0. The lowest BCUT2D eigenvalue weighted by Gasteiger charge is -1.97. The van der Waals surface area contributed by atoms with Crippen LogP contribution in [0.25, 0.3) is 11.6 Å². The molecule has 0 spiro atoms. The highest BCUT2D eigenvalue weighted by Crippen LogP contribution is 2.19. The number of hydrogen-bond donors (Lipinski definition) is 1. The average Bonchev–Trinajstić information content (AvgIpc) is 2.72. The highest BCUT2D eigenvalue weighted by molar-refractivity contribution is 7.98. The number of nitrogens with two attached hydrogens (primary N) is 1. The third kappa shape index (κ3) is 1.29. The van der Waals surface area contributed by atoms with E-state index in [0.29, 0.717) is 16.7 Å². The first-order chi connectivity index (χ1) is 6.33. The summed E-state index contributed by atoms with van der Waals surface area (Å²) in [6.07, 6.45) is 3.46. The molecule has 6 heteroatoms. The summed E-state index contributed by atoms with van der Waals surface area (Å²) in [5.41, 5.74) is 0. The van der Waals surface area contributed by atoms with Gasteiger partial charge in [-0.1, -0.05) is 11.8 Å². The predicted octanol–water partition coefficient (Wildman–Crippen LogP) is 0.974. The number of nitrogen functional groups attached to an aromatic ring is 1. The second-order valence-corrected chi connectivity index (χ2v) is 3.13. The van der Waals surface area contributed by atoms with Crippen molar-refractivity contribution in [1.29, 1.82) is 0 Å². The minimum absolute atomic E-state index is 0.536. The van der Waals surface area contributed by atoms with Gasteiger partial charge in [0.1, 0.15) is 0 Å². The Balaban J connectivity index is 2.48. The Morgan fingerprint density at radius 2 is 2.38 bits per heavy atom.